The number of hydrogen-bond donors (Lipinski definition) is 1. The van der Waals surface area contributed by atoms with Crippen LogP contribution in [0.1, 0.15) is 24.7 Å². The molecule has 1 aromatic heterocycles. The fraction of sp³-hybridized carbons (Fsp3) is 0.462. The summed E-state index contributed by atoms with van der Waals surface area (Å²) in [4.78, 5) is 4.58. The zero-order chi connectivity index (χ0) is 11.7. The summed E-state index contributed by atoms with van der Waals surface area (Å²) in [6, 6.07) is 5.77. The van der Waals surface area contributed by atoms with Gasteiger partial charge in [0.1, 0.15) is 5.75 Å². The molecule has 0 saturated carbocycles. The van der Waals surface area contributed by atoms with Crippen LogP contribution in [0, 0.1) is 0 Å². The summed E-state index contributed by atoms with van der Waals surface area (Å²) < 4.78 is 11.1. The Morgan fingerprint density at radius 2 is 2.41 bits per heavy atom. The molecule has 1 aliphatic heterocycles. The topological polar surface area (TPSA) is 47.3 Å². The van der Waals surface area contributed by atoms with Crippen molar-refractivity contribution in [3.63, 3.8) is 0 Å². The molecule has 0 aliphatic carbocycles. The maximum atomic E-state index is 5.82. The minimum atomic E-state index is 0.390. The zero-order valence-corrected chi connectivity index (χ0v) is 9.90. The van der Waals surface area contributed by atoms with Gasteiger partial charge in [0.05, 0.1) is 7.11 Å². The Hall–Kier alpha value is -1.55. The predicted octanol–water partition coefficient (Wildman–Crippen LogP) is 2.30. The number of methoxy groups -OCH3 is 1. The summed E-state index contributed by atoms with van der Waals surface area (Å²) in [6.45, 7) is 2.05. The molecule has 0 amide bonds. The zero-order valence-electron chi connectivity index (χ0n) is 9.90. The van der Waals surface area contributed by atoms with Gasteiger partial charge in [-0.05, 0) is 31.5 Å². The molecule has 4 nitrogen and oxygen atoms in total. The molecular weight excluding hydrogens is 216 g/mol. The third-order valence-corrected chi connectivity index (χ3v) is 3.26. The van der Waals surface area contributed by atoms with E-state index in [4.69, 9.17) is 9.15 Å². The Kier molecular flexibility index (Phi) is 2.73. The highest BCUT2D eigenvalue weighted by Crippen LogP contribution is 2.30. The molecule has 3 rings (SSSR count). The number of aromatic nitrogens is 1. The number of rotatable bonds is 2. The number of nitrogens with zero attached hydrogens (tertiary/aromatic N) is 1. The van der Waals surface area contributed by atoms with Gasteiger partial charge < -0.3 is 14.5 Å². The second-order valence-corrected chi connectivity index (χ2v) is 4.40. The molecule has 1 atom stereocenters. The van der Waals surface area contributed by atoms with Gasteiger partial charge in [-0.3, -0.25) is 0 Å². The summed E-state index contributed by atoms with van der Waals surface area (Å²) in [6.07, 6.45) is 2.32. The van der Waals surface area contributed by atoms with Gasteiger partial charge in [-0.15, -0.1) is 0 Å². The number of piperidine rings is 1. The number of nitrogens with one attached hydrogen (secondary N) is 1. The van der Waals surface area contributed by atoms with E-state index in [1.165, 1.54) is 6.42 Å². The van der Waals surface area contributed by atoms with Crippen molar-refractivity contribution in [3.05, 3.63) is 24.1 Å². The number of benzene rings is 1. The van der Waals surface area contributed by atoms with Crippen LogP contribution in [0.4, 0.5) is 0 Å². The molecule has 1 N–H and O–H groups in total. The van der Waals surface area contributed by atoms with Crippen molar-refractivity contribution in [2.75, 3.05) is 20.2 Å². The van der Waals surface area contributed by atoms with Crippen LogP contribution in [-0.4, -0.2) is 25.2 Å². The third kappa shape index (κ3) is 1.89. The van der Waals surface area contributed by atoms with Crippen LogP contribution in [-0.2, 0) is 0 Å². The van der Waals surface area contributed by atoms with Gasteiger partial charge in [0.2, 0.25) is 0 Å². The largest absolute Gasteiger partial charge is 0.494 e. The summed E-state index contributed by atoms with van der Waals surface area (Å²) in [5.74, 6) is 2.00. The molecule has 0 spiro atoms. The van der Waals surface area contributed by atoms with Crippen LogP contribution in [0.5, 0.6) is 5.75 Å². The van der Waals surface area contributed by atoms with E-state index in [-0.39, 0.29) is 0 Å². The smallest absolute Gasteiger partial charge is 0.200 e. The summed E-state index contributed by atoms with van der Waals surface area (Å²) in [7, 11) is 1.66. The lowest BCUT2D eigenvalue weighted by Crippen LogP contribution is -2.28. The van der Waals surface area contributed by atoms with E-state index in [0.717, 1.165) is 42.3 Å². The molecule has 4 heteroatoms. The van der Waals surface area contributed by atoms with Crippen molar-refractivity contribution < 1.29 is 9.15 Å². The Bertz CT molecular complexity index is 515. The molecule has 1 fully saturated rings. The highest BCUT2D eigenvalue weighted by Gasteiger charge is 2.21. The van der Waals surface area contributed by atoms with E-state index in [0.29, 0.717) is 5.92 Å². The third-order valence-electron chi connectivity index (χ3n) is 3.26. The first-order valence-electron chi connectivity index (χ1n) is 6.02. The van der Waals surface area contributed by atoms with Crippen molar-refractivity contribution in [1.82, 2.24) is 10.3 Å². The lowest BCUT2D eigenvalue weighted by Gasteiger charge is -2.19. The molecule has 2 aromatic rings. The van der Waals surface area contributed by atoms with Gasteiger partial charge in [-0.1, -0.05) is 6.07 Å². The second-order valence-electron chi connectivity index (χ2n) is 4.40. The Balaban J connectivity index is 2.00. The molecule has 1 aromatic carbocycles. The molecular formula is C13H16N2O2. The second kappa shape index (κ2) is 4.37. The molecule has 90 valence electrons. The van der Waals surface area contributed by atoms with Gasteiger partial charge in [-0.2, -0.15) is 0 Å². The number of hydrogen-bond acceptors (Lipinski definition) is 4. The van der Waals surface area contributed by atoms with Crippen LogP contribution in [0.2, 0.25) is 0 Å². The maximum absolute atomic E-state index is 5.82. The molecule has 17 heavy (non-hydrogen) atoms. The number of fused-ring (bicyclic) bond motifs is 1. The number of para-hydroxylation sites is 1. The van der Waals surface area contributed by atoms with Gasteiger partial charge in [0.25, 0.3) is 0 Å². The van der Waals surface area contributed by atoms with E-state index in [1.54, 1.807) is 7.11 Å². The monoisotopic (exact) mass is 232 g/mol. The van der Waals surface area contributed by atoms with Gasteiger partial charge in [-0.25, -0.2) is 4.98 Å². The first kappa shape index (κ1) is 10.6. The minimum absolute atomic E-state index is 0.390. The SMILES string of the molecule is COc1cccc2oc(C3CCCNC3)nc12. The first-order chi connectivity index (χ1) is 8.38. The Morgan fingerprint density at radius 3 is 3.18 bits per heavy atom. The number of ether oxygens (including phenoxy) is 1. The van der Waals surface area contributed by atoms with E-state index in [9.17, 15) is 0 Å². The summed E-state index contributed by atoms with van der Waals surface area (Å²) >= 11 is 0. The fourth-order valence-corrected chi connectivity index (χ4v) is 2.34. The van der Waals surface area contributed by atoms with Crippen LogP contribution < -0.4 is 10.1 Å². The predicted molar refractivity (Wildman–Crippen MR) is 65.4 cm³/mol. The Labute approximate surface area is 100.0 Å². The van der Waals surface area contributed by atoms with Crippen LogP contribution in [0.15, 0.2) is 22.6 Å². The normalized spacial score (nSPS) is 20.6. The van der Waals surface area contributed by atoms with Crippen LogP contribution in [0.25, 0.3) is 11.1 Å². The molecule has 2 heterocycles. The van der Waals surface area contributed by atoms with E-state index in [2.05, 4.69) is 10.3 Å². The first-order valence-corrected chi connectivity index (χ1v) is 6.02. The summed E-state index contributed by atoms with van der Waals surface area (Å²) in [5.41, 5.74) is 1.64. The van der Waals surface area contributed by atoms with Crippen molar-refractivity contribution in [1.29, 1.82) is 0 Å². The van der Waals surface area contributed by atoms with E-state index < -0.39 is 0 Å². The molecule has 0 bridgehead atoms. The van der Waals surface area contributed by atoms with Crippen molar-refractivity contribution in [2.24, 2.45) is 0 Å². The van der Waals surface area contributed by atoms with Crippen LogP contribution in [0.3, 0.4) is 0 Å². The average molecular weight is 232 g/mol. The number of oxazole rings is 1. The highest BCUT2D eigenvalue weighted by molar-refractivity contribution is 5.79. The van der Waals surface area contributed by atoms with Gasteiger partial charge >= 0.3 is 0 Å². The van der Waals surface area contributed by atoms with Crippen LogP contribution >= 0.6 is 0 Å². The molecule has 1 aliphatic rings. The lowest BCUT2D eigenvalue weighted by molar-refractivity contribution is 0.387. The molecule has 1 unspecified atom stereocenters. The molecule has 0 radical (unpaired) electrons. The lowest BCUT2D eigenvalue weighted by atomic mass is 10.00. The highest BCUT2D eigenvalue weighted by atomic mass is 16.5. The van der Waals surface area contributed by atoms with Crippen molar-refractivity contribution in [2.45, 2.75) is 18.8 Å². The van der Waals surface area contributed by atoms with E-state index in [1.807, 2.05) is 18.2 Å². The Morgan fingerprint density at radius 1 is 1.47 bits per heavy atom. The maximum Gasteiger partial charge on any atom is 0.200 e. The average Bonchev–Trinajstić information content (AvgIpc) is 2.83. The quantitative estimate of drug-likeness (QED) is 0.863. The van der Waals surface area contributed by atoms with Gasteiger partial charge in [0.15, 0.2) is 17.0 Å². The summed E-state index contributed by atoms with van der Waals surface area (Å²) in [5, 5.41) is 3.38. The van der Waals surface area contributed by atoms with Crippen molar-refractivity contribution in [3.8, 4) is 5.75 Å². The standard InChI is InChI=1S/C13H16N2O2/c1-16-10-5-2-6-11-12(10)15-13(17-11)9-4-3-7-14-8-9/h2,5-6,9,14H,3-4,7-8H2,1H3. The fourth-order valence-electron chi connectivity index (χ4n) is 2.34. The molecule has 1 saturated heterocycles. The van der Waals surface area contributed by atoms with Crippen molar-refractivity contribution >= 4 is 11.1 Å². The van der Waals surface area contributed by atoms with E-state index >= 15 is 0 Å². The minimum Gasteiger partial charge on any atom is -0.494 e. The van der Waals surface area contributed by atoms with Gasteiger partial charge in [0, 0.05) is 12.5 Å².